The van der Waals surface area contributed by atoms with Crippen molar-refractivity contribution < 1.29 is 5.11 Å². The maximum Gasteiger partial charge on any atom is 0.0448 e. The molecule has 0 heterocycles. The van der Waals surface area contributed by atoms with E-state index in [-0.39, 0.29) is 12.1 Å². The number of rotatable bonds is 5. The number of hydrogen-bond donors (Lipinski definition) is 2. The summed E-state index contributed by atoms with van der Waals surface area (Å²) in [7, 11) is 0. The molecule has 2 nitrogen and oxygen atoms in total. The van der Waals surface area contributed by atoms with Gasteiger partial charge in [0, 0.05) is 18.2 Å². The van der Waals surface area contributed by atoms with Crippen molar-refractivity contribution in [3.63, 3.8) is 0 Å². The normalized spacial score (nSPS) is 28.0. The minimum absolute atomic E-state index is 0.0923. The van der Waals surface area contributed by atoms with Crippen LogP contribution in [0.15, 0.2) is 0 Å². The van der Waals surface area contributed by atoms with Crippen molar-refractivity contribution in [2.24, 2.45) is 5.92 Å². The second kappa shape index (κ2) is 5.86. The van der Waals surface area contributed by atoms with Gasteiger partial charge in [0.2, 0.25) is 0 Å². The fourth-order valence-corrected chi connectivity index (χ4v) is 2.70. The van der Waals surface area contributed by atoms with Gasteiger partial charge in [-0.1, -0.05) is 26.2 Å². The quantitative estimate of drug-likeness (QED) is 0.736. The van der Waals surface area contributed by atoms with Crippen molar-refractivity contribution in [2.45, 2.75) is 70.9 Å². The first kappa shape index (κ1) is 13.0. The Labute approximate surface area is 94.5 Å². The fraction of sp³-hybridized carbons (Fsp3) is 1.00. The van der Waals surface area contributed by atoms with E-state index in [1.807, 2.05) is 0 Å². The highest BCUT2D eigenvalue weighted by Gasteiger charge is 2.26. The maximum atomic E-state index is 8.99. The van der Waals surface area contributed by atoms with Gasteiger partial charge in [0.1, 0.15) is 0 Å². The van der Waals surface area contributed by atoms with Gasteiger partial charge in [-0.3, -0.25) is 0 Å². The molecule has 2 heteroatoms. The molecule has 1 aliphatic rings. The Morgan fingerprint density at radius 2 is 2.07 bits per heavy atom. The maximum absolute atomic E-state index is 8.99. The largest absolute Gasteiger partial charge is 0.396 e. The first-order valence-electron chi connectivity index (χ1n) is 6.46. The van der Waals surface area contributed by atoms with Crippen LogP contribution in [0.25, 0.3) is 0 Å². The number of hydrogen-bond acceptors (Lipinski definition) is 2. The average molecular weight is 213 g/mol. The van der Waals surface area contributed by atoms with Gasteiger partial charge < -0.3 is 10.4 Å². The molecule has 0 amide bonds. The van der Waals surface area contributed by atoms with Gasteiger partial charge in [-0.25, -0.2) is 0 Å². The van der Waals surface area contributed by atoms with Crippen LogP contribution in [-0.4, -0.2) is 23.3 Å². The Hall–Kier alpha value is -0.0800. The molecule has 15 heavy (non-hydrogen) atoms. The highest BCUT2D eigenvalue weighted by atomic mass is 16.3. The third-order valence-electron chi connectivity index (χ3n) is 3.69. The highest BCUT2D eigenvalue weighted by Crippen LogP contribution is 2.28. The molecule has 0 radical (unpaired) electrons. The summed E-state index contributed by atoms with van der Waals surface area (Å²) in [5.74, 6) is 0.918. The Balaban J connectivity index is 2.36. The van der Waals surface area contributed by atoms with Crippen molar-refractivity contribution in [2.75, 3.05) is 6.61 Å². The van der Waals surface area contributed by atoms with Crippen molar-refractivity contribution in [1.82, 2.24) is 5.32 Å². The van der Waals surface area contributed by atoms with Crippen LogP contribution in [0.3, 0.4) is 0 Å². The van der Waals surface area contributed by atoms with Crippen LogP contribution in [0.2, 0.25) is 0 Å². The number of aliphatic hydroxyl groups excluding tert-OH is 1. The van der Waals surface area contributed by atoms with E-state index >= 15 is 0 Å². The lowest BCUT2D eigenvalue weighted by Crippen LogP contribution is -2.48. The molecule has 0 aliphatic heterocycles. The van der Waals surface area contributed by atoms with E-state index < -0.39 is 0 Å². The van der Waals surface area contributed by atoms with E-state index in [2.05, 4.69) is 26.1 Å². The molecule has 0 aromatic rings. The molecule has 0 aromatic carbocycles. The summed E-state index contributed by atoms with van der Waals surface area (Å²) in [4.78, 5) is 0. The summed E-state index contributed by atoms with van der Waals surface area (Å²) in [5, 5.41) is 12.7. The fourth-order valence-electron chi connectivity index (χ4n) is 2.70. The summed E-state index contributed by atoms with van der Waals surface area (Å²) in [5.41, 5.74) is 0.0923. The van der Waals surface area contributed by atoms with Gasteiger partial charge in [-0.05, 0) is 39.0 Å². The van der Waals surface area contributed by atoms with Crippen LogP contribution >= 0.6 is 0 Å². The smallest absolute Gasteiger partial charge is 0.0448 e. The van der Waals surface area contributed by atoms with E-state index in [0.29, 0.717) is 6.04 Å². The van der Waals surface area contributed by atoms with Crippen LogP contribution in [-0.2, 0) is 0 Å². The molecule has 2 N–H and O–H groups in total. The van der Waals surface area contributed by atoms with Gasteiger partial charge in [-0.2, -0.15) is 0 Å². The first-order valence-corrected chi connectivity index (χ1v) is 6.46. The number of aliphatic hydroxyl groups is 1. The Morgan fingerprint density at radius 3 is 2.67 bits per heavy atom. The van der Waals surface area contributed by atoms with Crippen LogP contribution in [0.1, 0.15) is 59.3 Å². The third kappa shape index (κ3) is 4.52. The monoisotopic (exact) mass is 213 g/mol. The minimum atomic E-state index is 0.0923. The van der Waals surface area contributed by atoms with Crippen LogP contribution in [0.4, 0.5) is 0 Å². The molecule has 0 bridgehead atoms. The molecule has 90 valence electrons. The second-order valence-electron chi connectivity index (χ2n) is 5.64. The topological polar surface area (TPSA) is 32.3 Å². The highest BCUT2D eigenvalue weighted by molar-refractivity contribution is 4.85. The lowest BCUT2D eigenvalue weighted by Gasteiger charge is -2.36. The Morgan fingerprint density at radius 1 is 1.33 bits per heavy atom. The van der Waals surface area contributed by atoms with E-state index in [1.54, 1.807) is 0 Å². The summed E-state index contributed by atoms with van der Waals surface area (Å²) in [6.07, 6.45) is 7.58. The minimum Gasteiger partial charge on any atom is -0.396 e. The molecule has 1 rings (SSSR count). The zero-order valence-corrected chi connectivity index (χ0v) is 10.6. The predicted molar refractivity (Wildman–Crippen MR) is 65.0 cm³/mol. The molecule has 0 spiro atoms. The van der Waals surface area contributed by atoms with Gasteiger partial charge in [0.05, 0.1) is 0 Å². The average Bonchev–Trinajstić information content (AvgIpc) is 2.17. The summed E-state index contributed by atoms with van der Waals surface area (Å²) in [6.45, 7) is 6.97. The molecule has 1 fully saturated rings. The lowest BCUT2D eigenvalue weighted by atomic mass is 9.83. The SMILES string of the molecule is CCC1CCCC(NC(C)(C)CCO)C1. The summed E-state index contributed by atoms with van der Waals surface area (Å²) in [6, 6.07) is 0.672. The van der Waals surface area contributed by atoms with E-state index in [4.69, 9.17) is 5.11 Å². The van der Waals surface area contributed by atoms with E-state index in [1.165, 1.54) is 32.1 Å². The van der Waals surface area contributed by atoms with Gasteiger partial charge in [-0.15, -0.1) is 0 Å². The van der Waals surface area contributed by atoms with Crippen molar-refractivity contribution in [3.8, 4) is 0 Å². The molecule has 1 aliphatic carbocycles. The molecular formula is C13H27NO. The molecular weight excluding hydrogens is 186 g/mol. The molecule has 0 aromatic heterocycles. The zero-order chi connectivity index (χ0) is 11.3. The lowest BCUT2D eigenvalue weighted by molar-refractivity contribution is 0.189. The van der Waals surface area contributed by atoms with Crippen LogP contribution < -0.4 is 5.32 Å². The second-order valence-corrected chi connectivity index (χ2v) is 5.64. The Kier molecular flexibility index (Phi) is 5.07. The molecule has 2 unspecified atom stereocenters. The van der Waals surface area contributed by atoms with Gasteiger partial charge >= 0.3 is 0 Å². The molecule has 0 saturated heterocycles. The number of nitrogens with one attached hydrogen (secondary N) is 1. The summed E-state index contributed by atoms with van der Waals surface area (Å²) >= 11 is 0. The van der Waals surface area contributed by atoms with Crippen molar-refractivity contribution in [1.29, 1.82) is 0 Å². The van der Waals surface area contributed by atoms with E-state index in [0.717, 1.165) is 12.3 Å². The predicted octanol–water partition coefficient (Wildman–Crippen LogP) is 2.71. The van der Waals surface area contributed by atoms with Crippen molar-refractivity contribution in [3.05, 3.63) is 0 Å². The zero-order valence-electron chi connectivity index (χ0n) is 10.6. The Bertz CT molecular complexity index is 179. The standard InChI is InChI=1S/C13H27NO/c1-4-11-6-5-7-12(10-11)14-13(2,3)8-9-15/h11-12,14-15H,4-10H2,1-3H3. The van der Waals surface area contributed by atoms with Crippen molar-refractivity contribution >= 4 is 0 Å². The third-order valence-corrected chi connectivity index (χ3v) is 3.69. The van der Waals surface area contributed by atoms with E-state index in [9.17, 15) is 0 Å². The van der Waals surface area contributed by atoms with Crippen LogP contribution in [0, 0.1) is 5.92 Å². The molecule has 1 saturated carbocycles. The first-order chi connectivity index (χ1) is 7.07. The van der Waals surface area contributed by atoms with Gasteiger partial charge in [0.15, 0.2) is 0 Å². The van der Waals surface area contributed by atoms with Gasteiger partial charge in [0.25, 0.3) is 0 Å². The molecule has 2 atom stereocenters. The van der Waals surface area contributed by atoms with Crippen LogP contribution in [0.5, 0.6) is 0 Å². The summed E-state index contributed by atoms with van der Waals surface area (Å²) < 4.78 is 0.